The molecule has 0 spiro atoms. The quantitative estimate of drug-likeness (QED) is 0.478. The van der Waals surface area contributed by atoms with Gasteiger partial charge in [-0.1, -0.05) is 43.7 Å². The number of amides is 2. The van der Waals surface area contributed by atoms with Crippen molar-refractivity contribution in [2.45, 2.75) is 50.6 Å². The number of carbonyl (C=O) groups is 4. The van der Waals surface area contributed by atoms with E-state index >= 15 is 0 Å². The van der Waals surface area contributed by atoms with Gasteiger partial charge in [0.15, 0.2) is 0 Å². The molecule has 3 unspecified atom stereocenters. The molecule has 0 radical (unpaired) electrons. The summed E-state index contributed by atoms with van der Waals surface area (Å²) in [6.07, 6.45) is 0.498. The summed E-state index contributed by atoms with van der Waals surface area (Å²) in [6.45, 7) is 3.62. The Bertz CT molecular complexity index is 885. The summed E-state index contributed by atoms with van der Waals surface area (Å²) in [4.78, 5) is 50.5. The molecule has 2 N–H and O–H groups in total. The molecule has 8 nitrogen and oxygen atoms in total. The van der Waals surface area contributed by atoms with E-state index in [9.17, 15) is 24.3 Å². The minimum atomic E-state index is -1.18. The molecule has 3 atom stereocenters. The number of carbonyl (C=O) groups excluding carboxylic acids is 3. The molecule has 2 heterocycles. The highest BCUT2D eigenvalue weighted by Gasteiger charge is 2.54. The van der Waals surface area contributed by atoms with Crippen LogP contribution in [0.2, 0.25) is 0 Å². The highest BCUT2D eigenvalue weighted by Crippen LogP contribution is 2.40. The minimum absolute atomic E-state index is 0.0279. The summed E-state index contributed by atoms with van der Waals surface area (Å²) in [6, 6.07) is 7.73. The van der Waals surface area contributed by atoms with Gasteiger partial charge in [-0.15, -0.1) is 11.8 Å². The first kappa shape index (κ1) is 21.9. The fraction of sp³-hybridized carbons (Fsp3) is 0.429. The SMILES string of the molecule is CCCCC(=O)OC(C(=O)NC1C(=O)N2C(C(=O)O)=C(C)CSC12)c1ccccc1. The molecule has 2 aliphatic rings. The van der Waals surface area contributed by atoms with Crippen LogP contribution in [0.1, 0.15) is 44.8 Å². The van der Waals surface area contributed by atoms with Gasteiger partial charge in [-0.05, 0) is 18.9 Å². The highest BCUT2D eigenvalue weighted by molar-refractivity contribution is 8.00. The molecular formula is C21H24N2O6S. The van der Waals surface area contributed by atoms with Crippen molar-refractivity contribution >= 4 is 35.5 Å². The molecule has 1 saturated heterocycles. The van der Waals surface area contributed by atoms with Gasteiger partial charge in [-0.2, -0.15) is 0 Å². The molecular weight excluding hydrogens is 408 g/mol. The van der Waals surface area contributed by atoms with Crippen molar-refractivity contribution in [3.05, 3.63) is 47.2 Å². The normalized spacial score (nSPS) is 21.4. The van der Waals surface area contributed by atoms with E-state index in [-0.39, 0.29) is 12.1 Å². The van der Waals surface area contributed by atoms with Gasteiger partial charge in [-0.25, -0.2) is 4.79 Å². The van der Waals surface area contributed by atoms with Crippen LogP contribution in [0.5, 0.6) is 0 Å². The number of esters is 1. The van der Waals surface area contributed by atoms with Crippen LogP contribution in [-0.2, 0) is 23.9 Å². The lowest BCUT2D eigenvalue weighted by Gasteiger charge is -2.49. The van der Waals surface area contributed by atoms with E-state index in [1.807, 2.05) is 6.92 Å². The van der Waals surface area contributed by atoms with E-state index in [4.69, 9.17) is 4.74 Å². The summed E-state index contributed by atoms with van der Waals surface area (Å²) in [5.41, 5.74) is 1.08. The van der Waals surface area contributed by atoms with Crippen LogP contribution in [0.4, 0.5) is 0 Å². The first-order valence-electron chi connectivity index (χ1n) is 9.77. The van der Waals surface area contributed by atoms with Gasteiger partial charge in [0.2, 0.25) is 6.10 Å². The molecule has 0 aromatic heterocycles. The zero-order valence-electron chi connectivity index (χ0n) is 16.8. The number of thioether (sulfide) groups is 1. The van der Waals surface area contributed by atoms with Crippen LogP contribution in [-0.4, -0.2) is 50.9 Å². The number of β-lactam (4-membered cyclic amide) rings is 1. The number of unbranched alkanes of at least 4 members (excludes halogenated alkanes) is 1. The first-order valence-corrected chi connectivity index (χ1v) is 10.8. The number of aliphatic carboxylic acids is 1. The second-order valence-corrected chi connectivity index (χ2v) is 8.32. The summed E-state index contributed by atoms with van der Waals surface area (Å²) in [7, 11) is 0. The Labute approximate surface area is 178 Å². The zero-order valence-corrected chi connectivity index (χ0v) is 17.6. The Hall–Kier alpha value is -2.81. The van der Waals surface area contributed by atoms with Crippen molar-refractivity contribution < 1.29 is 29.0 Å². The molecule has 160 valence electrons. The number of hydrogen-bond acceptors (Lipinski definition) is 6. The Morgan fingerprint density at radius 2 is 2.00 bits per heavy atom. The smallest absolute Gasteiger partial charge is 0.352 e. The van der Waals surface area contributed by atoms with Gasteiger partial charge >= 0.3 is 11.9 Å². The molecule has 1 aromatic carbocycles. The van der Waals surface area contributed by atoms with Gasteiger partial charge in [0, 0.05) is 17.7 Å². The Balaban J connectivity index is 1.74. The van der Waals surface area contributed by atoms with Crippen molar-refractivity contribution in [1.29, 1.82) is 0 Å². The molecule has 1 aromatic rings. The van der Waals surface area contributed by atoms with Crippen molar-refractivity contribution in [2.24, 2.45) is 0 Å². The van der Waals surface area contributed by atoms with Gasteiger partial charge in [0.05, 0.1) is 0 Å². The fourth-order valence-electron chi connectivity index (χ4n) is 3.42. The summed E-state index contributed by atoms with van der Waals surface area (Å²) in [5.74, 6) is -2.28. The first-order chi connectivity index (χ1) is 14.3. The Kier molecular flexibility index (Phi) is 6.81. The highest BCUT2D eigenvalue weighted by atomic mass is 32.2. The summed E-state index contributed by atoms with van der Waals surface area (Å²) < 4.78 is 5.43. The van der Waals surface area contributed by atoms with Crippen LogP contribution < -0.4 is 5.32 Å². The van der Waals surface area contributed by atoms with Crippen LogP contribution in [0.25, 0.3) is 0 Å². The molecule has 0 saturated carbocycles. The maximum absolute atomic E-state index is 13.0. The number of nitrogens with zero attached hydrogens (tertiary/aromatic N) is 1. The molecule has 0 bridgehead atoms. The second-order valence-electron chi connectivity index (χ2n) is 7.21. The number of ether oxygens (including phenoxy) is 1. The van der Waals surface area contributed by atoms with E-state index < -0.39 is 41.3 Å². The summed E-state index contributed by atoms with van der Waals surface area (Å²) in [5, 5.41) is 11.6. The number of fused-ring (bicyclic) bond motifs is 1. The number of rotatable bonds is 8. The topological polar surface area (TPSA) is 113 Å². The predicted molar refractivity (Wildman–Crippen MR) is 110 cm³/mol. The Morgan fingerprint density at radius 3 is 2.63 bits per heavy atom. The van der Waals surface area contributed by atoms with Crippen LogP contribution in [0, 0.1) is 0 Å². The Morgan fingerprint density at radius 1 is 1.30 bits per heavy atom. The largest absolute Gasteiger partial charge is 0.477 e. The van der Waals surface area contributed by atoms with Gasteiger partial charge < -0.3 is 15.2 Å². The van der Waals surface area contributed by atoms with Crippen molar-refractivity contribution in [2.75, 3.05) is 5.75 Å². The van der Waals surface area contributed by atoms with E-state index in [0.29, 0.717) is 23.3 Å². The maximum atomic E-state index is 13.0. The second kappa shape index (κ2) is 9.34. The lowest BCUT2D eigenvalue weighted by atomic mass is 10.0. The molecule has 3 rings (SSSR count). The predicted octanol–water partition coefficient (Wildman–Crippen LogP) is 2.22. The molecule has 30 heavy (non-hydrogen) atoms. The molecule has 0 aliphatic carbocycles. The monoisotopic (exact) mass is 432 g/mol. The van der Waals surface area contributed by atoms with Crippen LogP contribution in [0.3, 0.4) is 0 Å². The van der Waals surface area contributed by atoms with Crippen molar-refractivity contribution in [3.8, 4) is 0 Å². The van der Waals surface area contributed by atoms with Crippen LogP contribution >= 0.6 is 11.8 Å². The van der Waals surface area contributed by atoms with E-state index in [2.05, 4.69) is 5.32 Å². The van der Waals surface area contributed by atoms with Gasteiger partial charge in [0.1, 0.15) is 17.1 Å². The average Bonchev–Trinajstić information content (AvgIpc) is 2.74. The standard InChI is InChI=1S/C21H24N2O6S/c1-3-4-10-14(24)29-17(13-8-6-5-7-9-13)18(25)22-15-19(26)23-16(21(27)28)12(2)11-30-20(15)23/h5-9,15,17,20H,3-4,10-11H2,1-2H3,(H,22,25)(H,27,28). The molecule has 2 amide bonds. The molecule has 9 heteroatoms. The number of hydrogen-bond donors (Lipinski definition) is 2. The zero-order chi connectivity index (χ0) is 21.8. The van der Waals surface area contributed by atoms with E-state index in [0.717, 1.165) is 6.42 Å². The minimum Gasteiger partial charge on any atom is -0.477 e. The number of carboxylic acid groups (broad SMARTS) is 1. The fourth-order valence-corrected chi connectivity index (χ4v) is 4.71. The number of carboxylic acids is 1. The lowest BCUT2D eigenvalue weighted by Crippen LogP contribution is -2.70. The average molecular weight is 432 g/mol. The number of nitrogens with one attached hydrogen (secondary N) is 1. The third kappa shape index (κ3) is 4.35. The van der Waals surface area contributed by atoms with Crippen LogP contribution in [0.15, 0.2) is 41.6 Å². The van der Waals surface area contributed by atoms with Gasteiger partial charge in [-0.3, -0.25) is 19.3 Å². The lowest BCUT2D eigenvalue weighted by molar-refractivity contribution is -0.159. The third-order valence-electron chi connectivity index (χ3n) is 4.98. The van der Waals surface area contributed by atoms with E-state index in [1.165, 1.54) is 16.7 Å². The van der Waals surface area contributed by atoms with Crippen molar-refractivity contribution in [1.82, 2.24) is 10.2 Å². The molecule has 2 aliphatic heterocycles. The van der Waals surface area contributed by atoms with E-state index in [1.54, 1.807) is 37.3 Å². The number of benzene rings is 1. The van der Waals surface area contributed by atoms with Gasteiger partial charge in [0.25, 0.3) is 11.8 Å². The third-order valence-corrected chi connectivity index (χ3v) is 6.41. The molecule has 1 fully saturated rings. The van der Waals surface area contributed by atoms with Crippen molar-refractivity contribution in [3.63, 3.8) is 0 Å². The maximum Gasteiger partial charge on any atom is 0.352 e. The summed E-state index contributed by atoms with van der Waals surface area (Å²) >= 11 is 1.39.